The lowest BCUT2D eigenvalue weighted by Gasteiger charge is -2.23. The maximum atomic E-state index is 13.7. The molecule has 2 atom stereocenters. The van der Waals surface area contributed by atoms with Crippen LogP contribution in [0, 0.1) is 17.7 Å². The predicted octanol–water partition coefficient (Wildman–Crippen LogP) is 5.72. The zero-order valence-electron chi connectivity index (χ0n) is 16.6. The van der Waals surface area contributed by atoms with Crippen LogP contribution in [0.2, 0.25) is 0 Å². The molecule has 2 N–H and O–H groups in total. The topological polar surface area (TPSA) is 61.0 Å². The van der Waals surface area contributed by atoms with Crippen LogP contribution in [-0.4, -0.2) is 16.2 Å². The van der Waals surface area contributed by atoms with Gasteiger partial charge in [0.15, 0.2) is 6.23 Å². The van der Waals surface area contributed by atoms with Gasteiger partial charge in [-0.2, -0.15) is 0 Å². The van der Waals surface area contributed by atoms with Crippen LogP contribution >= 0.6 is 0 Å². The lowest BCUT2D eigenvalue weighted by Crippen LogP contribution is -2.35. The minimum absolute atomic E-state index is 0.0129. The molecule has 2 aromatic heterocycles. The van der Waals surface area contributed by atoms with Crippen LogP contribution in [0.4, 0.5) is 13.2 Å². The van der Waals surface area contributed by atoms with E-state index >= 15 is 0 Å². The van der Waals surface area contributed by atoms with E-state index in [1.54, 1.807) is 12.1 Å². The molecule has 3 aromatic rings. The van der Waals surface area contributed by atoms with Crippen molar-refractivity contribution in [2.24, 2.45) is 17.6 Å². The molecular formula is C22H24F3N3O. The summed E-state index contributed by atoms with van der Waals surface area (Å²) in [7, 11) is 0. The van der Waals surface area contributed by atoms with Gasteiger partial charge in [0.2, 0.25) is 5.88 Å². The average molecular weight is 403 g/mol. The zero-order valence-corrected chi connectivity index (χ0v) is 16.6. The molecule has 0 aliphatic carbocycles. The van der Waals surface area contributed by atoms with Gasteiger partial charge in [0.1, 0.15) is 5.82 Å². The van der Waals surface area contributed by atoms with Crippen LogP contribution in [0.1, 0.15) is 39.2 Å². The number of rotatable bonds is 7. The molecule has 0 aliphatic rings. The second-order valence-corrected chi connectivity index (χ2v) is 7.63. The van der Waals surface area contributed by atoms with Crippen LogP contribution in [0.15, 0.2) is 42.7 Å². The van der Waals surface area contributed by atoms with Crippen molar-refractivity contribution in [3.05, 3.63) is 54.1 Å². The van der Waals surface area contributed by atoms with Gasteiger partial charge in [0.25, 0.3) is 6.43 Å². The summed E-state index contributed by atoms with van der Waals surface area (Å²) in [6.07, 6.45) is 0.253. The number of halogens is 3. The highest BCUT2D eigenvalue weighted by atomic mass is 19.3. The molecule has 1 unspecified atom stereocenters. The van der Waals surface area contributed by atoms with Crippen LogP contribution in [0.5, 0.6) is 5.88 Å². The number of alkyl halides is 2. The monoisotopic (exact) mass is 403 g/mol. The summed E-state index contributed by atoms with van der Waals surface area (Å²) in [4.78, 5) is 8.26. The minimum Gasteiger partial charge on any atom is -0.458 e. The van der Waals surface area contributed by atoms with E-state index in [1.165, 1.54) is 30.6 Å². The number of pyridine rings is 2. The molecule has 0 amide bonds. The average Bonchev–Trinajstić information content (AvgIpc) is 2.66. The quantitative estimate of drug-likeness (QED) is 0.513. The highest BCUT2D eigenvalue weighted by molar-refractivity contribution is 5.94. The Morgan fingerprint density at radius 3 is 2.52 bits per heavy atom. The van der Waals surface area contributed by atoms with Crippen molar-refractivity contribution < 1.29 is 17.9 Å². The van der Waals surface area contributed by atoms with Crippen LogP contribution in [0.3, 0.4) is 0 Å². The molecule has 0 bridgehead atoms. The van der Waals surface area contributed by atoms with E-state index in [1.807, 2.05) is 6.92 Å². The van der Waals surface area contributed by atoms with Gasteiger partial charge >= 0.3 is 0 Å². The number of benzene rings is 1. The molecule has 7 heteroatoms. The fourth-order valence-electron chi connectivity index (χ4n) is 3.37. The van der Waals surface area contributed by atoms with E-state index in [0.29, 0.717) is 27.9 Å². The van der Waals surface area contributed by atoms with Crippen molar-refractivity contribution in [2.45, 2.75) is 39.8 Å². The number of ether oxygens (including phenoxy) is 1. The van der Waals surface area contributed by atoms with Crippen LogP contribution in [-0.2, 0) is 0 Å². The van der Waals surface area contributed by atoms with Crippen molar-refractivity contribution in [1.29, 1.82) is 0 Å². The zero-order chi connectivity index (χ0) is 21.1. The number of fused-ring (bicyclic) bond motifs is 1. The highest BCUT2D eigenvalue weighted by Gasteiger charge is 2.22. The summed E-state index contributed by atoms with van der Waals surface area (Å²) in [6, 6.07) is 7.20. The maximum Gasteiger partial charge on any atom is 0.269 e. The molecule has 29 heavy (non-hydrogen) atoms. The van der Waals surface area contributed by atoms with E-state index in [4.69, 9.17) is 10.5 Å². The Bertz CT molecular complexity index is 994. The number of aromatic nitrogens is 2. The first-order valence-corrected chi connectivity index (χ1v) is 9.51. The second kappa shape index (κ2) is 8.78. The third-order valence-electron chi connectivity index (χ3n) is 4.78. The first-order chi connectivity index (χ1) is 13.8. The first kappa shape index (κ1) is 21.0. The summed E-state index contributed by atoms with van der Waals surface area (Å²) < 4.78 is 46.5. The molecule has 3 rings (SSSR count). The van der Waals surface area contributed by atoms with E-state index in [9.17, 15) is 13.2 Å². The van der Waals surface area contributed by atoms with Crippen LogP contribution < -0.4 is 10.5 Å². The Labute approximate surface area is 167 Å². The Kier molecular flexibility index (Phi) is 6.37. The molecule has 0 spiro atoms. The second-order valence-electron chi connectivity index (χ2n) is 7.63. The molecule has 154 valence electrons. The van der Waals surface area contributed by atoms with Gasteiger partial charge in [-0.05, 0) is 42.2 Å². The van der Waals surface area contributed by atoms with Crippen molar-refractivity contribution >= 4 is 10.9 Å². The van der Waals surface area contributed by atoms with Gasteiger partial charge in [-0.15, -0.1) is 0 Å². The Hall–Kier alpha value is -2.67. The molecule has 0 saturated heterocycles. The van der Waals surface area contributed by atoms with Crippen molar-refractivity contribution in [1.82, 2.24) is 9.97 Å². The molecule has 0 aliphatic heterocycles. The fraction of sp³-hybridized carbons (Fsp3) is 0.364. The first-order valence-electron chi connectivity index (χ1n) is 9.51. The van der Waals surface area contributed by atoms with Crippen molar-refractivity contribution in [2.75, 3.05) is 0 Å². The van der Waals surface area contributed by atoms with Gasteiger partial charge in [0, 0.05) is 35.3 Å². The molecular weight excluding hydrogens is 379 g/mol. The van der Waals surface area contributed by atoms with Gasteiger partial charge in [0.05, 0.1) is 11.1 Å². The predicted molar refractivity (Wildman–Crippen MR) is 107 cm³/mol. The molecule has 2 heterocycles. The summed E-state index contributed by atoms with van der Waals surface area (Å²) in [5.74, 6) is -0.187. The van der Waals surface area contributed by atoms with Crippen molar-refractivity contribution in [3.63, 3.8) is 0 Å². The van der Waals surface area contributed by atoms with Crippen molar-refractivity contribution in [3.8, 4) is 17.0 Å². The Morgan fingerprint density at radius 2 is 1.83 bits per heavy atom. The molecule has 4 nitrogen and oxygen atoms in total. The Balaban J connectivity index is 1.97. The maximum absolute atomic E-state index is 13.7. The molecule has 0 saturated carbocycles. The van der Waals surface area contributed by atoms with E-state index in [2.05, 4.69) is 23.8 Å². The highest BCUT2D eigenvalue weighted by Crippen LogP contribution is 2.34. The third-order valence-corrected chi connectivity index (χ3v) is 4.78. The minimum atomic E-state index is -2.78. The largest absolute Gasteiger partial charge is 0.458 e. The summed E-state index contributed by atoms with van der Waals surface area (Å²) in [5, 5.41) is 0.645. The number of hydrogen-bond acceptors (Lipinski definition) is 4. The molecule has 0 radical (unpaired) electrons. The number of nitrogens with two attached hydrogens (primary N) is 1. The normalized spacial score (nSPS) is 13.8. The SMILES string of the molecule is CC(C)CC(C)[C@@H](N)Oc1ncc(-c2ccnc3cc(F)ccc23)cc1C(F)F. The molecule has 1 aromatic carbocycles. The summed E-state index contributed by atoms with van der Waals surface area (Å²) >= 11 is 0. The van der Waals surface area contributed by atoms with Gasteiger partial charge < -0.3 is 4.74 Å². The van der Waals surface area contributed by atoms with Crippen LogP contribution in [0.25, 0.3) is 22.0 Å². The summed E-state index contributed by atoms with van der Waals surface area (Å²) in [5.41, 5.74) is 7.26. The van der Waals surface area contributed by atoms with E-state index in [-0.39, 0.29) is 17.4 Å². The molecule has 0 fully saturated rings. The van der Waals surface area contributed by atoms with Gasteiger partial charge in [-0.3, -0.25) is 10.7 Å². The number of nitrogens with zero attached hydrogens (tertiary/aromatic N) is 2. The van der Waals surface area contributed by atoms with Gasteiger partial charge in [-0.1, -0.05) is 20.8 Å². The lowest BCUT2D eigenvalue weighted by atomic mass is 9.97. The van der Waals surface area contributed by atoms with E-state index < -0.39 is 18.5 Å². The Morgan fingerprint density at radius 1 is 1.07 bits per heavy atom. The van der Waals surface area contributed by atoms with Gasteiger partial charge in [-0.25, -0.2) is 18.2 Å². The standard InChI is InChI=1S/C22H24F3N3O/c1-12(2)8-13(3)21(26)29-22-18(20(24)25)9-14(11-28-22)16-6-7-27-19-10-15(23)4-5-17(16)19/h4-7,9-13,20-21H,8,26H2,1-3H3/t13?,21-/m0/s1. The summed E-state index contributed by atoms with van der Waals surface area (Å²) in [6.45, 7) is 6.04. The lowest BCUT2D eigenvalue weighted by molar-refractivity contribution is 0.109. The van der Waals surface area contributed by atoms with E-state index in [0.717, 1.165) is 6.42 Å². The fourth-order valence-corrected chi connectivity index (χ4v) is 3.37. The smallest absolute Gasteiger partial charge is 0.269 e. The third kappa shape index (κ3) is 4.85. The number of hydrogen-bond donors (Lipinski definition) is 1.